The average Bonchev–Trinajstić information content (AvgIpc) is 2.30. The second kappa shape index (κ2) is 5.90. The third-order valence-electron chi connectivity index (χ3n) is 3.14. The van der Waals surface area contributed by atoms with Gasteiger partial charge in [0.1, 0.15) is 0 Å². The highest BCUT2D eigenvalue weighted by Crippen LogP contribution is 2.23. The molecular formula is C13H22N2O3S. The Hall–Kier alpha value is -1.11. The minimum atomic E-state index is -3.68. The lowest BCUT2D eigenvalue weighted by molar-refractivity contribution is 0.227. The van der Waals surface area contributed by atoms with E-state index in [1.807, 2.05) is 13.8 Å². The van der Waals surface area contributed by atoms with Crippen LogP contribution in [0.5, 0.6) is 0 Å². The van der Waals surface area contributed by atoms with Gasteiger partial charge in [0, 0.05) is 11.7 Å². The van der Waals surface area contributed by atoms with E-state index in [0.29, 0.717) is 11.3 Å². The van der Waals surface area contributed by atoms with Gasteiger partial charge in [-0.3, -0.25) is 0 Å². The number of hydrogen-bond donors (Lipinski definition) is 3. The largest absolute Gasteiger partial charge is 0.398 e. The zero-order chi connectivity index (χ0) is 14.8. The van der Waals surface area contributed by atoms with Crippen LogP contribution in [0.2, 0.25) is 0 Å². The van der Waals surface area contributed by atoms with Crippen LogP contribution in [-0.4, -0.2) is 26.2 Å². The number of hydrogen-bond acceptors (Lipinski definition) is 4. The first kappa shape index (κ1) is 15.9. The monoisotopic (exact) mass is 286 g/mol. The Morgan fingerprint density at radius 3 is 2.37 bits per heavy atom. The third-order valence-corrected chi connectivity index (χ3v) is 4.76. The van der Waals surface area contributed by atoms with E-state index >= 15 is 0 Å². The smallest absolute Gasteiger partial charge is 0.241 e. The van der Waals surface area contributed by atoms with Gasteiger partial charge in [0.25, 0.3) is 0 Å². The maximum atomic E-state index is 12.4. The number of anilines is 1. The van der Waals surface area contributed by atoms with Gasteiger partial charge in [0.15, 0.2) is 0 Å². The minimum absolute atomic E-state index is 0.00207. The molecule has 6 heteroatoms. The van der Waals surface area contributed by atoms with E-state index in [1.54, 1.807) is 26.0 Å². The number of aliphatic hydroxyl groups is 1. The maximum Gasteiger partial charge on any atom is 0.241 e. The van der Waals surface area contributed by atoms with E-state index in [1.165, 1.54) is 0 Å². The number of aliphatic hydroxyl groups excluding tert-OH is 1. The summed E-state index contributed by atoms with van der Waals surface area (Å²) in [6.07, 6.45) is 0. The Bertz CT molecular complexity index is 553. The van der Waals surface area contributed by atoms with Crippen molar-refractivity contribution >= 4 is 15.7 Å². The number of nitrogen functional groups attached to an aromatic ring is 1. The first-order valence-corrected chi connectivity index (χ1v) is 7.67. The molecule has 0 aromatic heterocycles. The van der Waals surface area contributed by atoms with Crippen molar-refractivity contribution < 1.29 is 13.5 Å². The summed E-state index contributed by atoms with van der Waals surface area (Å²) in [5.41, 5.74) is 7.56. The van der Waals surface area contributed by atoms with Crippen molar-refractivity contribution in [3.63, 3.8) is 0 Å². The van der Waals surface area contributed by atoms with Crippen LogP contribution < -0.4 is 10.5 Å². The topological polar surface area (TPSA) is 92.4 Å². The predicted octanol–water partition coefficient (Wildman–Crippen LogP) is 1.18. The van der Waals surface area contributed by atoms with Crippen LogP contribution in [0.4, 0.5) is 5.69 Å². The van der Waals surface area contributed by atoms with Gasteiger partial charge < -0.3 is 10.8 Å². The summed E-state index contributed by atoms with van der Waals surface area (Å²) in [5.74, 6) is 0.00207. The molecule has 0 unspecified atom stereocenters. The molecule has 0 radical (unpaired) electrons. The fraction of sp³-hybridized carbons (Fsp3) is 0.538. The molecule has 5 nitrogen and oxygen atoms in total. The molecule has 0 fully saturated rings. The molecule has 0 saturated heterocycles. The lowest BCUT2D eigenvalue weighted by atomic mass is 10.1. The zero-order valence-electron chi connectivity index (χ0n) is 11.8. The summed E-state index contributed by atoms with van der Waals surface area (Å²) in [4.78, 5) is 0.170. The molecule has 0 aliphatic heterocycles. The molecule has 108 valence electrons. The van der Waals surface area contributed by atoms with E-state index in [0.717, 1.165) is 5.56 Å². The molecule has 19 heavy (non-hydrogen) atoms. The van der Waals surface area contributed by atoms with Gasteiger partial charge in [-0.2, -0.15) is 0 Å². The molecule has 0 bridgehead atoms. The quantitative estimate of drug-likeness (QED) is 0.709. The second-order valence-corrected chi connectivity index (χ2v) is 6.81. The molecule has 0 spiro atoms. The minimum Gasteiger partial charge on any atom is -0.398 e. The Morgan fingerprint density at radius 2 is 1.89 bits per heavy atom. The van der Waals surface area contributed by atoms with Gasteiger partial charge in [0.05, 0.1) is 11.5 Å². The third kappa shape index (κ3) is 3.68. The SMILES string of the molecule is Cc1cc(N)c(C)c(S(=O)(=O)N[C@H](CO)C(C)C)c1. The molecule has 0 aliphatic rings. The fourth-order valence-electron chi connectivity index (χ4n) is 1.78. The van der Waals surface area contributed by atoms with Crippen LogP contribution in [0.1, 0.15) is 25.0 Å². The fourth-order valence-corrected chi connectivity index (χ4v) is 3.51. The molecule has 1 aromatic carbocycles. The van der Waals surface area contributed by atoms with Crippen LogP contribution in [-0.2, 0) is 10.0 Å². The molecular weight excluding hydrogens is 264 g/mol. The van der Waals surface area contributed by atoms with E-state index in [2.05, 4.69) is 4.72 Å². The van der Waals surface area contributed by atoms with Gasteiger partial charge in [-0.25, -0.2) is 13.1 Å². The summed E-state index contributed by atoms with van der Waals surface area (Å²) < 4.78 is 27.2. The number of nitrogens with two attached hydrogens (primary N) is 1. The maximum absolute atomic E-state index is 12.4. The normalized spacial score (nSPS) is 13.8. The molecule has 4 N–H and O–H groups in total. The van der Waals surface area contributed by atoms with E-state index in [-0.39, 0.29) is 17.4 Å². The van der Waals surface area contributed by atoms with Crippen LogP contribution in [0.15, 0.2) is 17.0 Å². The van der Waals surface area contributed by atoms with Crippen LogP contribution in [0, 0.1) is 19.8 Å². The second-order valence-electron chi connectivity index (χ2n) is 5.13. The Morgan fingerprint density at radius 1 is 1.32 bits per heavy atom. The highest BCUT2D eigenvalue weighted by Gasteiger charge is 2.24. The Balaban J connectivity index is 3.21. The predicted molar refractivity (Wildman–Crippen MR) is 76.4 cm³/mol. The highest BCUT2D eigenvalue weighted by molar-refractivity contribution is 7.89. The van der Waals surface area contributed by atoms with Crippen molar-refractivity contribution in [3.8, 4) is 0 Å². The van der Waals surface area contributed by atoms with Gasteiger partial charge >= 0.3 is 0 Å². The van der Waals surface area contributed by atoms with Crippen molar-refractivity contribution in [1.82, 2.24) is 4.72 Å². The van der Waals surface area contributed by atoms with E-state index in [9.17, 15) is 13.5 Å². The van der Waals surface area contributed by atoms with E-state index < -0.39 is 16.1 Å². The number of aryl methyl sites for hydroxylation is 1. The molecule has 1 rings (SSSR count). The average molecular weight is 286 g/mol. The summed E-state index contributed by atoms with van der Waals surface area (Å²) >= 11 is 0. The summed E-state index contributed by atoms with van der Waals surface area (Å²) in [5, 5.41) is 9.23. The first-order valence-electron chi connectivity index (χ1n) is 6.19. The van der Waals surface area contributed by atoms with Gasteiger partial charge in [-0.1, -0.05) is 13.8 Å². The lowest BCUT2D eigenvalue weighted by Crippen LogP contribution is -2.41. The standard InChI is InChI=1S/C13H22N2O3S/c1-8(2)12(7-16)15-19(17,18)13-6-9(3)5-11(14)10(13)4/h5-6,8,12,15-16H,7,14H2,1-4H3/t12-/m1/s1. The van der Waals surface area contributed by atoms with Crippen molar-refractivity contribution in [1.29, 1.82) is 0 Å². The molecule has 0 aliphatic carbocycles. The highest BCUT2D eigenvalue weighted by atomic mass is 32.2. The summed E-state index contributed by atoms with van der Waals surface area (Å²) in [6.45, 7) is 6.92. The lowest BCUT2D eigenvalue weighted by Gasteiger charge is -2.21. The van der Waals surface area contributed by atoms with Gasteiger partial charge in [0.2, 0.25) is 10.0 Å². The van der Waals surface area contributed by atoms with Gasteiger partial charge in [-0.05, 0) is 43.0 Å². The van der Waals surface area contributed by atoms with Gasteiger partial charge in [-0.15, -0.1) is 0 Å². The van der Waals surface area contributed by atoms with Crippen molar-refractivity contribution in [2.45, 2.75) is 38.6 Å². The summed E-state index contributed by atoms with van der Waals surface area (Å²) in [7, 11) is -3.68. The molecule has 0 heterocycles. The van der Waals surface area contributed by atoms with Crippen molar-refractivity contribution in [2.24, 2.45) is 5.92 Å². The molecule has 1 atom stereocenters. The van der Waals surface area contributed by atoms with Crippen molar-refractivity contribution in [2.75, 3.05) is 12.3 Å². The first-order chi connectivity index (χ1) is 8.69. The summed E-state index contributed by atoms with van der Waals surface area (Å²) in [6, 6.07) is 2.81. The van der Waals surface area contributed by atoms with Crippen LogP contribution in [0.25, 0.3) is 0 Å². The Labute approximate surface area is 114 Å². The number of sulfonamides is 1. The molecule has 1 aromatic rings. The van der Waals surface area contributed by atoms with Crippen molar-refractivity contribution in [3.05, 3.63) is 23.3 Å². The molecule has 0 amide bonds. The molecule has 0 saturated carbocycles. The number of benzene rings is 1. The van der Waals surface area contributed by atoms with Crippen LogP contribution in [0.3, 0.4) is 0 Å². The zero-order valence-corrected chi connectivity index (χ0v) is 12.6. The number of rotatable bonds is 5. The Kier molecular flexibility index (Phi) is 4.95. The number of nitrogens with one attached hydrogen (secondary N) is 1. The van der Waals surface area contributed by atoms with Crippen LogP contribution >= 0.6 is 0 Å². The van der Waals surface area contributed by atoms with E-state index in [4.69, 9.17) is 5.73 Å².